The second-order valence-electron chi connectivity index (χ2n) is 5.34. The molecular formula is C18H19BrN2O2S. The van der Waals surface area contributed by atoms with Crippen molar-refractivity contribution >= 4 is 45.2 Å². The summed E-state index contributed by atoms with van der Waals surface area (Å²) in [5.74, 6) is -0.115. The molecule has 0 saturated carbocycles. The SMILES string of the molecule is Cc1cc(Br)ccc1NC(=O)CNC(=O)CSc1ccccc1C. The molecular weight excluding hydrogens is 388 g/mol. The number of amides is 2. The predicted octanol–water partition coefficient (Wildman–Crippen LogP) is 3.91. The van der Waals surface area contributed by atoms with Gasteiger partial charge in [0.15, 0.2) is 0 Å². The number of carbonyl (C=O) groups is 2. The predicted molar refractivity (Wildman–Crippen MR) is 102 cm³/mol. The van der Waals surface area contributed by atoms with Crippen molar-refractivity contribution < 1.29 is 9.59 Å². The Balaban J connectivity index is 1.77. The molecule has 0 saturated heterocycles. The van der Waals surface area contributed by atoms with Crippen LogP contribution in [0.15, 0.2) is 51.8 Å². The van der Waals surface area contributed by atoms with Gasteiger partial charge in [-0.1, -0.05) is 34.1 Å². The van der Waals surface area contributed by atoms with Crippen LogP contribution in [0.3, 0.4) is 0 Å². The summed E-state index contributed by atoms with van der Waals surface area (Å²) in [7, 11) is 0. The van der Waals surface area contributed by atoms with Crippen molar-refractivity contribution in [3.63, 3.8) is 0 Å². The Hall–Kier alpha value is -1.79. The molecule has 4 nitrogen and oxygen atoms in total. The lowest BCUT2D eigenvalue weighted by atomic mass is 10.2. The highest BCUT2D eigenvalue weighted by Gasteiger charge is 2.08. The molecule has 0 heterocycles. The van der Waals surface area contributed by atoms with Gasteiger partial charge in [-0.05, 0) is 49.2 Å². The molecule has 126 valence electrons. The Kier molecular flexibility index (Phi) is 6.87. The minimum absolute atomic E-state index is 0.0390. The molecule has 0 aliphatic heterocycles. The Labute approximate surface area is 154 Å². The molecule has 2 aromatic carbocycles. The van der Waals surface area contributed by atoms with E-state index in [0.29, 0.717) is 0 Å². The Morgan fingerprint density at radius 3 is 2.50 bits per heavy atom. The summed E-state index contributed by atoms with van der Waals surface area (Å²) in [4.78, 5) is 24.9. The van der Waals surface area contributed by atoms with Gasteiger partial charge in [0.05, 0.1) is 12.3 Å². The Bertz CT molecular complexity index is 750. The fourth-order valence-corrected chi connectivity index (χ4v) is 3.39. The first-order chi connectivity index (χ1) is 11.5. The molecule has 0 spiro atoms. The molecule has 0 atom stereocenters. The Morgan fingerprint density at radius 2 is 1.79 bits per heavy atom. The van der Waals surface area contributed by atoms with Gasteiger partial charge in [0.2, 0.25) is 11.8 Å². The van der Waals surface area contributed by atoms with E-state index in [1.165, 1.54) is 11.8 Å². The van der Waals surface area contributed by atoms with E-state index in [9.17, 15) is 9.59 Å². The first-order valence-electron chi connectivity index (χ1n) is 7.47. The average molecular weight is 407 g/mol. The van der Waals surface area contributed by atoms with Crippen LogP contribution in [-0.2, 0) is 9.59 Å². The molecule has 24 heavy (non-hydrogen) atoms. The van der Waals surface area contributed by atoms with E-state index in [0.717, 1.165) is 26.2 Å². The maximum absolute atomic E-state index is 11.9. The normalized spacial score (nSPS) is 10.3. The van der Waals surface area contributed by atoms with Gasteiger partial charge in [0.25, 0.3) is 0 Å². The largest absolute Gasteiger partial charge is 0.346 e. The van der Waals surface area contributed by atoms with Gasteiger partial charge in [-0.3, -0.25) is 9.59 Å². The standard InChI is InChI=1S/C18H19BrN2O2S/c1-12-5-3-4-6-16(12)24-11-18(23)20-10-17(22)21-15-8-7-14(19)9-13(15)2/h3-9H,10-11H2,1-2H3,(H,20,23)(H,21,22). The minimum Gasteiger partial charge on any atom is -0.346 e. The van der Waals surface area contributed by atoms with Crippen LogP contribution < -0.4 is 10.6 Å². The number of hydrogen-bond donors (Lipinski definition) is 2. The fourth-order valence-electron chi connectivity index (χ4n) is 2.05. The molecule has 6 heteroatoms. The summed E-state index contributed by atoms with van der Waals surface area (Å²) in [6.45, 7) is 3.88. The molecule has 0 fully saturated rings. The average Bonchev–Trinajstić information content (AvgIpc) is 2.55. The summed E-state index contributed by atoms with van der Waals surface area (Å²) in [5, 5.41) is 5.44. The van der Waals surface area contributed by atoms with Crippen molar-refractivity contribution in [2.45, 2.75) is 18.7 Å². The van der Waals surface area contributed by atoms with Crippen LogP contribution in [0.4, 0.5) is 5.69 Å². The third kappa shape index (κ3) is 5.69. The van der Waals surface area contributed by atoms with Crippen molar-refractivity contribution in [3.8, 4) is 0 Å². The van der Waals surface area contributed by atoms with Gasteiger partial charge in [-0.15, -0.1) is 11.8 Å². The summed E-state index contributed by atoms with van der Waals surface area (Å²) >= 11 is 4.85. The zero-order valence-corrected chi connectivity index (χ0v) is 16.0. The molecule has 2 amide bonds. The number of halogens is 1. The third-order valence-electron chi connectivity index (χ3n) is 3.36. The highest BCUT2D eigenvalue weighted by molar-refractivity contribution is 9.10. The zero-order chi connectivity index (χ0) is 17.5. The number of anilines is 1. The van der Waals surface area contributed by atoms with E-state index < -0.39 is 0 Å². The van der Waals surface area contributed by atoms with Crippen LogP contribution in [-0.4, -0.2) is 24.1 Å². The number of aryl methyl sites for hydroxylation is 2. The van der Waals surface area contributed by atoms with E-state index in [2.05, 4.69) is 26.6 Å². The molecule has 0 aromatic heterocycles. The van der Waals surface area contributed by atoms with Gasteiger partial charge < -0.3 is 10.6 Å². The molecule has 2 N–H and O–H groups in total. The van der Waals surface area contributed by atoms with Crippen molar-refractivity contribution in [1.29, 1.82) is 0 Å². The summed E-state index contributed by atoms with van der Waals surface area (Å²) < 4.78 is 0.958. The molecule has 2 aromatic rings. The van der Waals surface area contributed by atoms with Crippen LogP contribution in [0, 0.1) is 13.8 Å². The van der Waals surface area contributed by atoms with E-state index in [1.54, 1.807) is 0 Å². The first kappa shape index (κ1) is 18.5. The number of carbonyl (C=O) groups excluding carboxylic acids is 2. The van der Waals surface area contributed by atoms with Gasteiger partial charge in [0, 0.05) is 15.1 Å². The van der Waals surface area contributed by atoms with E-state index >= 15 is 0 Å². The van der Waals surface area contributed by atoms with E-state index in [-0.39, 0.29) is 24.1 Å². The number of nitrogens with one attached hydrogen (secondary N) is 2. The van der Waals surface area contributed by atoms with Crippen LogP contribution >= 0.6 is 27.7 Å². The quantitative estimate of drug-likeness (QED) is 0.714. The summed E-state index contributed by atoms with van der Waals surface area (Å²) in [6.07, 6.45) is 0. The summed E-state index contributed by atoms with van der Waals surface area (Å²) in [5.41, 5.74) is 2.84. The lowest BCUT2D eigenvalue weighted by Crippen LogP contribution is -2.34. The molecule has 0 aliphatic carbocycles. The second kappa shape index (κ2) is 8.89. The van der Waals surface area contributed by atoms with Crippen LogP contribution in [0.2, 0.25) is 0 Å². The number of benzene rings is 2. The Morgan fingerprint density at radius 1 is 1.04 bits per heavy atom. The number of rotatable bonds is 6. The number of hydrogen-bond acceptors (Lipinski definition) is 3. The van der Waals surface area contributed by atoms with Gasteiger partial charge in [-0.2, -0.15) is 0 Å². The molecule has 0 radical (unpaired) electrons. The maximum Gasteiger partial charge on any atom is 0.243 e. The molecule has 0 aliphatic rings. The summed E-state index contributed by atoms with van der Waals surface area (Å²) in [6, 6.07) is 13.5. The van der Waals surface area contributed by atoms with Crippen LogP contribution in [0.1, 0.15) is 11.1 Å². The van der Waals surface area contributed by atoms with Gasteiger partial charge in [0.1, 0.15) is 0 Å². The molecule has 0 bridgehead atoms. The van der Waals surface area contributed by atoms with Crippen LogP contribution in [0.25, 0.3) is 0 Å². The highest BCUT2D eigenvalue weighted by atomic mass is 79.9. The van der Waals surface area contributed by atoms with Crippen molar-refractivity contribution in [3.05, 3.63) is 58.1 Å². The minimum atomic E-state index is -0.241. The van der Waals surface area contributed by atoms with Gasteiger partial charge in [-0.25, -0.2) is 0 Å². The smallest absolute Gasteiger partial charge is 0.243 e. The molecule has 2 rings (SSSR count). The first-order valence-corrected chi connectivity index (χ1v) is 9.24. The second-order valence-corrected chi connectivity index (χ2v) is 7.27. The van der Waals surface area contributed by atoms with Crippen molar-refractivity contribution in [1.82, 2.24) is 5.32 Å². The van der Waals surface area contributed by atoms with Crippen molar-refractivity contribution in [2.75, 3.05) is 17.6 Å². The fraction of sp³-hybridized carbons (Fsp3) is 0.222. The van der Waals surface area contributed by atoms with E-state index in [1.807, 2.05) is 56.3 Å². The maximum atomic E-state index is 11.9. The lowest BCUT2D eigenvalue weighted by Gasteiger charge is -2.10. The van der Waals surface area contributed by atoms with Crippen molar-refractivity contribution in [2.24, 2.45) is 0 Å². The zero-order valence-electron chi connectivity index (χ0n) is 13.6. The third-order valence-corrected chi connectivity index (χ3v) is 5.03. The van der Waals surface area contributed by atoms with Crippen LogP contribution in [0.5, 0.6) is 0 Å². The number of thioether (sulfide) groups is 1. The topological polar surface area (TPSA) is 58.2 Å². The lowest BCUT2D eigenvalue weighted by molar-refractivity contribution is -0.122. The monoisotopic (exact) mass is 406 g/mol. The molecule has 0 unspecified atom stereocenters. The highest BCUT2D eigenvalue weighted by Crippen LogP contribution is 2.21. The van der Waals surface area contributed by atoms with E-state index in [4.69, 9.17) is 0 Å². The van der Waals surface area contributed by atoms with Gasteiger partial charge >= 0.3 is 0 Å².